The summed E-state index contributed by atoms with van der Waals surface area (Å²) >= 11 is 0. The Kier molecular flexibility index (Phi) is 4.63. The molecule has 0 aliphatic carbocycles. The summed E-state index contributed by atoms with van der Waals surface area (Å²) in [6.07, 6.45) is 2.60. The molecule has 1 aromatic heterocycles. The number of hydrogen-bond acceptors (Lipinski definition) is 3. The van der Waals surface area contributed by atoms with E-state index in [0.717, 1.165) is 17.9 Å². The van der Waals surface area contributed by atoms with Crippen LogP contribution in [0.2, 0.25) is 0 Å². The second-order valence-electron chi connectivity index (χ2n) is 4.81. The monoisotopic (exact) mass is 259 g/mol. The van der Waals surface area contributed by atoms with Crippen molar-refractivity contribution in [1.82, 2.24) is 5.32 Å². The van der Waals surface area contributed by atoms with Crippen LogP contribution in [0, 0.1) is 0 Å². The van der Waals surface area contributed by atoms with E-state index >= 15 is 0 Å². The first-order valence-electron chi connectivity index (χ1n) is 6.62. The van der Waals surface area contributed by atoms with Gasteiger partial charge in [-0.15, -0.1) is 0 Å². The van der Waals surface area contributed by atoms with Gasteiger partial charge in [-0.25, -0.2) is 0 Å². The molecule has 0 aliphatic rings. The molecule has 3 nitrogen and oxygen atoms in total. The van der Waals surface area contributed by atoms with Crippen molar-refractivity contribution in [3.63, 3.8) is 0 Å². The normalized spacial score (nSPS) is 14.1. The third-order valence-corrected chi connectivity index (χ3v) is 3.23. The van der Waals surface area contributed by atoms with Gasteiger partial charge in [0.15, 0.2) is 0 Å². The van der Waals surface area contributed by atoms with Gasteiger partial charge in [-0.1, -0.05) is 18.2 Å². The average Bonchev–Trinajstić information content (AvgIpc) is 2.91. The van der Waals surface area contributed by atoms with Gasteiger partial charge < -0.3 is 14.5 Å². The molecule has 0 saturated carbocycles. The minimum Gasteiger partial charge on any atom is -0.496 e. The minimum absolute atomic E-state index is 0.237. The number of furan rings is 1. The molecular weight excluding hydrogens is 238 g/mol. The van der Waals surface area contributed by atoms with Crippen molar-refractivity contribution < 1.29 is 9.15 Å². The predicted molar refractivity (Wildman–Crippen MR) is 76.4 cm³/mol. The van der Waals surface area contributed by atoms with Crippen LogP contribution in [0.5, 0.6) is 5.75 Å². The van der Waals surface area contributed by atoms with Crippen molar-refractivity contribution in [2.24, 2.45) is 0 Å². The van der Waals surface area contributed by atoms with Crippen LogP contribution < -0.4 is 10.1 Å². The van der Waals surface area contributed by atoms with E-state index in [1.807, 2.05) is 30.3 Å². The first-order valence-corrected chi connectivity index (χ1v) is 6.62. The Bertz CT molecular complexity index is 493. The summed E-state index contributed by atoms with van der Waals surface area (Å²) in [5, 5.41) is 3.57. The fraction of sp³-hybridized carbons (Fsp3) is 0.375. The van der Waals surface area contributed by atoms with E-state index in [-0.39, 0.29) is 6.04 Å². The molecule has 2 rings (SSSR count). The van der Waals surface area contributed by atoms with E-state index in [1.54, 1.807) is 13.4 Å². The first kappa shape index (κ1) is 13.7. The smallest absolute Gasteiger partial charge is 0.123 e. The molecule has 0 amide bonds. The van der Waals surface area contributed by atoms with Crippen LogP contribution in [-0.2, 0) is 6.42 Å². The van der Waals surface area contributed by atoms with Crippen LogP contribution in [0.15, 0.2) is 47.1 Å². The van der Waals surface area contributed by atoms with Gasteiger partial charge in [0.05, 0.1) is 13.4 Å². The fourth-order valence-electron chi connectivity index (χ4n) is 2.33. The Morgan fingerprint density at radius 1 is 1.16 bits per heavy atom. The summed E-state index contributed by atoms with van der Waals surface area (Å²) in [4.78, 5) is 0. The Labute approximate surface area is 114 Å². The molecule has 1 heterocycles. The van der Waals surface area contributed by atoms with Gasteiger partial charge in [0.2, 0.25) is 0 Å². The topological polar surface area (TPSA) is 34.4 Å². The molecule has 2 atom stereocenters. The Morgan fingerprint density at radius 3 is 2.63 bits per heavy atom. The third kappa shape index (κ3) is 3.61. The fourth-order valence-corrected chi connectivity index (χ4v) is 2.33. The lowest BCUT2D eigenvalue weighted by atomic mass is 10.1. The number of hydrogen-bond donors (Lipinski definition) is 1. The molecule has 0 fully saturated rings. The summed E-state index contributed by atoms with van der Waals surface area (Å²) in [5.74, 6) is 1.93. The maximum atomic E-state index is 5.40. The van der Waals surface area contributed by atoms with Gasteiger partial charge in [-0.2, -0.15) is 0 Å². The van der Waals surface area contributed by atoms with Crippen LogP contribution in [0.1, 0.15) is 31.2 Å². The largest absolute Gasteiger partial charge is 0.496 e. The molecular formula is C16H21NO2. The Hall–Kier alpha value is -1.74. The van der Waals surface area contributed by atoms with E-state index in [1.165, 1.54) is 5.56 Å². The Morgan fingerprint density at radius 2 is 1.95 bits per heavy atom. The molecule has 3 heteroatoms. The van der Waals surface area contributed by atoms with Crippen molar-refractivity contribution in [2.75, 3.05) is 7.11 Å². The maximum absolute atomic E-state index is 5.40. The van der Waals surface area contributed by atoms with Gasteiger partial charge in [0.1, 0.15) is 11.5 Å². The molecule has 2 unspecified atom stereocenters. The second kappa shape index (κ2) is 6.43. The van der Waals surface area contributed by atoms with Crippen molar-refractivity contribution in [2.45, 2.75) is 32.4 Å². The van der Waals surface area contributed by atoms with E-state index in [2.05, 4.69) is 25.2 Å². The van der Waals surface area contributed by atoms with Crippen LogP contribution in [0.4, 0.5) is 0 Å². The van der Waals surface area contributed by atoms with Gasteiger partial charge in [-0.05, 0) is 32.0 Å². The van der Waals surface area contributed by atoms with E-state index in [9.17, 15) is 0 Å². The van der Waals surface area contributed by atoms with Crippen LogP contribution in [0.3, 0.4) is 0 Å². The van der Waals surface area contributed by atoms with Crippen LogP contribution >= 0.6 is 0 Å². The highest BCUT2D eigenvalue weighted by Gasteiger charge is 2.14. The molecule has 102 valence electrons. The summed E-state index contributed by atoms with van der Waals surface area (Å²) < 4.78 is 10.8. The van der Waals surface area contributed by atoms with Crippen LogP contribution in [-0.4, -0.2) is 13.2 Å². The molecule has 2 aromatic rings. The van der Waals surface area contributed by atoms with Crippen molar-refractivity contribution in [3.05, 3.63) is 54.0 Å². The predicted octanol–water partition coefficient (Wildman–Crippen LogP) is 3.57. The number of benzene rings is 1. The lowest BCUT2D eigenvalue weighted by molar-refractivity contribution is 0.390. The molecule has 0 aliphatic heterocycles. The number of para-hydroxylation sites is 1. The first-order chi connectivity index (χ1) is 9.20. The zero-order valence-corrected chi connectivity index (χ0v) is 11.7. The molecule has 0 radical (unpaired) electrons. The zero-order valence-electron chi connectivity index (χ0n) is 11.7. The molecule has 0 saturated heterocycles. The molecule has 19 heavy (non-hydrogen) atoms. The number of methoxy groups -OCH3 is 1. The second-order valence-corrected chi connectivity index (χ2v) is 4.81. The lowest BCUT2D eigenvalue weighted by Gasteiger charge is -2.21. The molecule has 0 spiro atoms. The van der Waals surface area contributed by atoms with Gasteiger partial charge in [0, 0.05) is 24.1 Å². The quantitative estimate of drug-likeness (QED) is 0.861. The highest BCUT2D eigenvalue weighted by molar-refractivity contribution is 5.35. The van der Waals surface area contributed by atoms with E-state index in [4.69, 9.17) is 9.15 Å². The van der Waals surface area contributed by atoms with Crippen molar-refractivity contribution in [3.8, 4) is 5.75 Å². The zero-order chi connectivity index (χ0) is 13.7. The molecule has 1 aromatic carbocycles. The Balaban J connectivity index is 1.98. The average molecular weight is 259 g/mol. The lowest BCUT2D eigenvalue weighted by Crippen LogP contribution is -2.30. The maximum Gasteiger partial charge on any atom is 0.123 e. The number of nitrogens with one attached hydrogen (secondary N) is 1. The minimum atomic E-state index is 0.237. The SMILES string of the molecule is COc1ccccc1C(C)NC(C)Cc1ccco1. The highest BCUT2D eigenvalue weighted by Crippen LogP contribution is 2.24. The number of ether oxygens (including phenoxy) is 1. The third-order valence-electron chi connectivity index (χ3n) is 3.23. The number of rotatable bonds is 6. The van der Waals surface area contributed by atoms with Gasteiger partial charge in [-0.3, -0.25) is 0 Å². The van der Waals surface area contributed by atoms with Gasteiger partial charge >= 0.3 is 0 Å². The molecule has 0 bridgehead atoms. The van der Waals surface area contributed by atoms with Crippen molar-refractivity contribution >= 4 is 0 Å². The summed E-state index contributed by atoms with van der Waals surface area (Å²) in [7, 11) is 1.71. The van der Waals surface area contributed by atoms with Gasteiger partial charge in [0.25, 0.3) is 0 Å². The van der Waals surface area contributed by atoms with Crippen molar-refractivity contribution in [1.29, 1.82) is 0 Å². The molecule has 1 N–H and O–H groups in total. The summed E-state index contributed by atoms with van der Waals surface area (Å²) in [6.45, 7) is 4.31. The summed E-state index contributed by atoms with van der Waals surface area (Å²) in [5.41, 5.74) is 1.18. The highest BCUT2D eigenvalue weighted by atomic mass is 16.5. The summed E-state index contributed by atoms with van der Waals surface area (Å²) in [6, 6.07) is 12.6. The van der Waals surface area contributed by atoms with Crippen LogP contribution in [0.25, 0.3) is 0 Å². The van der Waals surface area contributed by atoms with E-state index in [0.29, 0.717) is 6.04 Å². The van der Waals surface area contributed by atoms with E-state index < -0.39 is 0 Å². The standard InChI is InChI=1S/C16H21NO2/c1-12(11-14-7-6-10-19-14)17-13(2)15-8-4-5-9-16(15)18-3/h4-10,12-13,17H,11H2,1-3H3.